The van der Waals surface area contributed by atoms with Crippen molar-refractivity contribution in [2.45, 2.75) is 25.3 Å². The number of nitrogens with one attached hydrogen (secondary N) is 2. The van der Waals surface area contributed by atoms with Gasteiger partial charge in [0.25, 0.3) is 0 Å². The van der Waals surface area contributed by atoms with Gasteiger partial charge in [-0.2, -0.15) is 0 Å². The Morgan fingerprint density at radius 2 is 2.62 bits per heavy atom. The molecule has 0 radical (unpaired) electrons. The van der Waals surface area contributed by atoms with Gasteiger partial charge in [-0.25, -0.2) is 4.98 Å². The molecule has 0 aromatic carbocycles. The number of hydrogen-bond acceptors (Lipinski definition) is 6. The standard InChI is InChI=1S/C9H14N4O2S/c14-13(15)8-6-12-9(16-8)11-5-3-7-2-1-4-10-7/h6-7,10H,1-5H2,(H,11,12). The number of nitro groups is 1. The van der Waals surface area contributed by atoms with Gasteiger partial charge in [-0.3, -0.25) is 10.1 Å². The Bertz CT molecular complexity index is 362. The topological polar surface area (TPSA) is 80.1 Å². The SMILES string of the molecule is O=[N+]([O-])c1cnc(NCCC2CCCN2)s1. The van der Waals surface area contributed by atoms with E-state index in [0.29, 0.717) is 11.2 Å². The molecule has 0 spiro atoms. The third-order valence-corrected chi connectivity index (χ3v) is 3.51. The van der Waals surface area contributed by atoms with Crippen molar-refractivity contribution in [2.24, 2.45) is 0 Å². The van der Waals surface area contributed by atoms with Crippen LogP contribution in [0, 0.1) is 10.1 Å². The van der Waals surface area contributed by atoms with Crippen molar-refractivity contribution in [3.63, 3.8) is 0 Å². The molecule has 0 saturated carbocycles. The van der Waals surface area contributed by atoms with Gasteiger partial charge in [0.2, 0.25) is 0 Å². The van der Waals surface area contributed by atoms with Crippen LogP contribution in [0.4, 0.5) is 10.1 Å². The van der Waals surface area contributed by atoms with Gasteiger partial charge in [-0.1, -0.05) is 0 Å². The van der Waals surface area contributed by atoms with Gasteiger partial charge < -0.3 is 10.6 Å². The van der Waals surface area contributed by atoms with Gasteiger partial charge in [0, 0.05) is 12.6 Å². The Hall–Kier alpha value is -1.21. The molecule has 1 aliphatic rings. The highest BCUT2D eigenvalue weighted by molar-refractivity contribution is 7.18. The van der Waals surface area contributed by atoms with Crippen molar-refractivity contribution in [3.05, 3.63) is 16.3 Å². The highest BCUT2D eigenvalue weighted by Gasteiger charge is 2.14. The molecule has 1 fully saturated rings. The highest BCUT2D eigenvalue weighted by atomic mass is 32.1. The van der Waals surface area contributed by atoms with Crippen LogP contribution in [0.5, 0.6) is 0 Å². The third-order valence-electron chi connectivity index (χ3n) is 2.60. The lowest BCUT2D eigenvalue weighted by atomic mass is 10.2. The van der Waals surface area contributed by atoms with Crippen molar-refractivity contribution in [1.29, 1.82) is 0 Å². The molecule has 1 aliphatic heterocycles. The lowest BCUT2D eigenvalue weighted by molar-refractivity contribution is -0.380. The maximum Gasteiger partial charge on any atom is 0.345 e. The van der Waals surface area contributed by atoms with Gasteiger partial charge >= 0.3 is 5.00 Å². The largest absolute Gasteiger partial charge is 0.361 e. The molecule has 2 N–H and O–H groups in total. The summed E-state index contributed by atoms with van der Waals surface area (Å²) < 4.78 is 0. The maximum atomic E-state index is 10.4. The Balaban J connectivity index is 1.74. The normalized spacial score (nSPS) is 19.9. The highest BCUT2D eigenvalue weighted by Crippen LogP contribution is 2.24. The van der Waals surface area contributed by atoms with E-state index >= 15 is 0 Å². The summed E-state index contributed by atoms with van der Waals surface area (Å²) in [5.41, 5.74) is 0. The van der Waals surface area contributed by atoms with Gasteiger partial charge in [0.15, 0.2) is 5.13 Å². The van der Waals surface area contributed by atoms with Crippen molar-refractivity contribution in [2.75, 3.05) is 18.4 Å². The zero-order valence-electron chi connectivity index (χ0n) is 8.81. The number of aromatic nitrogens is 1. The minimum Gasteiger partial charge on any atom is -0.361 e. The molecule has 0 amide bonds. The molecule has 88 valence electrons. The molecule has 1 aromatic rings. The predicted molar refractivity (Wildman–Crippen MR) is 62.9 cm³/mol. The molecular weight excluding hydrogens is 228 g/mol. The molecule has 7 heteroatoms. The molecule has 1 aromatic heterocycles. The fourth-order valence-corrected chi connectivity index (χ4v) is 2.45. The van der Waals surface area contributed by atoms with Crippen molar-refractivity contribution in [1.82, 2.24) is 10.3 Å². The Kier molecular flexibility index (Phi) is 3.68. The number of nitrogens with zero attached hydrogens (tertiary/aromatic N) is 2. The fraction of sp³-hybridized carbons (Fsp3) is 0.667. The lowest BCUT2D eigenvalue weighted by Gasteiger charge is -2.09. The van der Waals surface area contributed by atoms with Gasteiger partial charge in [0.1, 0.15) is 6.20 Å². The van der Waals surface area contributed by atoms with E-state index in [1.165, 1.54) is 19.0 Å². The first kappa shape index (κ1) is 11.3. The van der Waals surface area contributed by atoms with E-state index < -0.39 is 4.92 Å². The van der Waals surface area contributed by atoms with Crippen LogP contribution in [-0.2, 0) is 0 Å². The van der Waals surface area contributed by atoms with Crippen molar-refractivity contribution >= 4 is 21.5 Å². The first-order valence-electron chi connectivity index (χ1n) is 5.33. The van der Waals surface area contributed by atoms with Crippen LogP contribution >= 0.6 is 11.3 Å². The zero-order valence-corrected chi connectivity index (χ0v) is 9.63. The Labute approximate surface area is 97.2 Å². The minimum absolute atomic E-state index is 0.0847. The first-order chi connectivity index (χ1) is 7.75. The average Bonchev–Trinajstić information content (AvgIpc) is 2.87. The molecule has 1 atom stereocenters. The maximum absolute atomic E-state index is 10.4. The second-order valence-electron chi connectivity index (χ2n) is 3.77. The van der Waals surface area contributed by atoms with E-state index in [2.05, 4.69) is 15.6 Å². The number of rotatable bonds is 5. The molecule has 2 rings (SSSR count). The van der Waals surface area contributed by atoms with E-state index in [1.807, 2.05) is 0 Å². The minimum atomic E-state index is -0.415. The second-order valence-corrected chi connectivity index (χ2v) is 4.78. The molecule has 0 bridgehead atoms. The van der Waals surface area contributed by atoms with E-state index in [1.54, 1.807) is 0 Å². The van der Waals surface area contributed by atoms with Crippen molar-refractivity contribution in [3.8, 4) is 0 Å². The van der Waals surface area contributed by atoms with Crippen molar-refractivity contribution < 1.29 is 4.92 Å². The zero-order chi connectivity index (χ0) is 11.4. The number of anilines is 1. The van der Waals surface area contributed by atoms with E-state index in [4.69, 9.17) is 0 Å². The Morgan fingerprint density at radius 1 is 1.75 bits per heavy atom. The quantitative estimate of drug-likeness (QED) is 0.605. The van der Waals surface area contributed by atoms with Crippen LogP contribution < -0.4 is 10.6 Å². The van der Waals surface area contributed by atoms with Crippen LogP contribution in [0.2, 0.25) is 0 Å². The van der Waals surface area contributed by atoms with E-state index in [-0.39, 0.29) is 5.00 Å². The van der Waals surface area contributed by atoms with Gasteiger partial charge in [-0.15, -0.1) is 0 Å². The van der Waals surface area contributed by atoms with Crippen LogP contribution in [0.3, 0.4) is 0 Å². The molecule has 16 heavy (non-hydrogen) atoms. The predicted octanol–water partition coefficient (Wildman–Crippen LogP) is 1.61. The Morgan fingerprint density at radius 3 is 3.25 bits per heavy atom. The van der Waals surface area contributed by atoms with Crippen LogP contribution in [0.25, 0.3) is 0 Å². The molecule has 0 aliphatic carbocycles. The summed E-state index contributed by atoms with van der Waals surface area (Å²) in [6, 6.07) is 0.586. The van der Waals surface area contributed by atoms with Crippen LogP contribution in [0.1, 0.15) is 19.3 Å². The molecule has 2 heterocycles. The molecule has 1 saturated heterocycles. The summed E-state index contributed by atoms with van der Waals surface area (Å²) >= 11 is 1.08. The molecular formula is C9H14N4O2S. The summed E-state index contributed by atoms with van der Waals surface area (Å²) in [6.07, 6.45) is 4.79. The summed E-state index contributed by atoms with van der Waals surface area (Å²) in [5.74, 6) is 0. The van der Waals surface area contributed by atoms with E-state index in [0.717, 1.165) is 30.8 Å². The number of hydrogen-bond donors (Lipinski definition) is 2. The van der Waals surface area contributed by atoms with Crippen LogP contribution in [-0.4, -0.2) is 29.0 Å². The van der Waals surface area contributed by atoms with Crippen LogP contribution in [0.15, 0.2) is 6.20 Å². The monoisotopic (exact) mass is 242 g/mol. The van der Waals surface area contributed by atoms with E-state index in [9.17, 15) is 10.1 Å². The second kappa shape index (κ2) is 5.22. The number of thiazole rings is 1. The summed E-state index contributed by atoms with van der Waals surface area (Å²) in [4.78, 5) is 14.0. The molecule has 6 nitrogen and oxygen atoms in total. The molecule has 1 unspecified atom stereocenters. The third kappa shape index (κ3) is 2.89. The fourth-order valence-electron chi connectivity index (χ4n) is 1.79. The van der Waals surface area contributed by atoms with Gasteiger partial charge in [0.05, 0.1) is 4.92 Å². The summed E-state index contributed by atoms with van der Waals surface area (Å²) in [7, 11) is 0. The lowest BCUT2D eigenvalue weighted by Crippen LogP contribution is -2.23. The summed E-state index contributed by atoms with van der Waals surface area (Å²) in [6.45, 7) is 1.91. The summed E-state index contributed by atoms with van der Waals surface area (Å²) in [5, 5.41) is 17.7. The average molecular weight is 242 g/mol. The smallest absolute Gasteiger partial charge is 0.345 e. The van der Waals surface area contributed by atoms with Gasteiger partial charge in [-0.05, 0) is 37.1 Å². The first-order valence-corrected chi connectivity index (χ1v) is 6.15.